The largest absolute Gasteiger partial charge is 0.0625 e. The molecular formula is C14H28. The Morgan fingerprint density at radius 3 is 2.07 bits per heavy atom. The van der Waals surface area contributed by atoms with Gasteiger partial charge in [-0.25, -0.2) is 0 Å². The molecule has 1 fully saturated rings. The van der Waals surface area contributed by atoms with Crippen molar-refractivity contribution < 1.29 is 0 Å². The molecular weight excluding hydrogens is 168 g/mol. The van der Waals surface area contributed by atoms with Gasteiger partial charge in [0, 0.05) is 0 Å². The molecule has 0 saturated heterocycles. The van der Waals surface area contributed by atoms with Crippen LogP contribution in [0.5, 0.6) is 0 Å². The van der Waals surface area contributed by atoms with E-state index in [4.69, 9.17) is 0 Å². The quantitative estimate of drug-likeness (QED) is 0.524. The molecule has 0 bridgehead atoms. The van der Waals surface area contributed by atoms with E-state index in [0.29, 0.717) is 5.41 Å². The lowest BCUT2D eigenvalue weighted by atomic mass is 9.76. The highest BCUT2D eigenvalue weighted by atomic mass is 14.3. The van der Waals surface area contributed by atoms with Crippen LogP contribution in [-0.2, 0) is 0 Å². The minimum Gasteiger partial charge on any atom is -0.0625 e. The molecule has 14 heavy (non-hydrogen) atoms. The highest BCUT2D eigenvalue weighted by molar-refractivity contribution is 4.79. The van der Waals surface area contributed by atoms with Crippen LogP contribution in [0, 0.1) is 23.2 Å². The van der Waals surface area contributed by atoms with Gasteiger partial charge in [-0.3, -0.25) is 0 Å². The van der Waals surface area contributed by atoms with Crippen molar-refractivity contribution in [2.24, 2.45) is 23.2 Å². The molecule has 1 aliphatic rings. The molecule has 0 aromatic carbocycles. The summed E-state index contributed by atoms with van der Waals surface area (Å²) in [7, 11) is 0. The third-order valence-corrected chi connectivity index (χ3v) is 4.18. The highest BCUT2D eigenvalue weighted by Gasteiger charge is 2.28. The average molecular weight is 196 g/mol. The van der Waals surface area contributed by atoms with Crippen LogP contribution in [0.25, 0.3) is 0 Å². The Hall–Kier alpha value is 0. The summed E-state index contributed by atoms with van der Waals surface area (Å²) >= 11 is 0. The Morgan fingerprint density at radius 1 is 0.929 bits per heavy atom. The van der Waals surface area contributed by atoms with Crippen LogP contribution in [0.15, 0.2) is 0 Å². The van der Waals surface area contributed by atoms with E-state index in [2.05, 4.69) is 34.6 Å². The lowest BCUT2D eigenvalue weighted by Gasteiger charge is -2.30. The van der Waals surface area contributed by atoms with Gasteiger partial charge in [-0.1, -0.05) is 47.5 Å². The van der Waals surface area contributed by atoms with Crippen LogP contribution in [0.2, 0.25) is 0 Å². The van der Waals surface area contributed by atoms with E-state index < -0.39 is 0 Å². The van der Waals surface area contributed by atoms with Gasteiger partial charge in [0.25, 0.3) is 0 Å². The first kappa shape index (κ1) is 12.1. The third kappa shape index (κ3) is 3.29. The maximum Gasteiger partial charge on any atom is -0.0354 e. The lowest BCUT2D eigenvalue weighted by Crippen LogP contribution is -2.19. The van der Waals surface area contributed by atoms with Gasteiger partial charge in [0.1, 0.15) is 0 Å². The SMILES string of the molecule is CC(C)C1CCCC(C(C)(C)C)CC1. The normalized spacial score (nSPS) is 30.4. The first-order chi connectivity index (χ1) is 6.41. The monoisotopic (exact) mass is 196 g/mol. The van der Waals surface area contributed by atoms with Crippen molar-refractivity contribution in [2.45, 2.75) is 66.7 Å². The molecule has 0 amide bonds. The second-order valence-corrected chi connectivity index (χ2v) is 6.58. The van der Waals surface area contributed by atoms with Gasteiger partial charge in [0.05, 0.1) is 0 Å². The summed E-state index contributed by atoms with van der Waals surface area (Å²) in [5.74, 6) is 2.86. The minimum atomic E-state index is 0.534. The summed E-state index contributed by atoms with van der Waals surface area (Å²) in [6.45, 7) is 12.0. The van der Waals surface area contributed by atoms with Crippen LogP contribution >= 0.6 is 0 Å². The fourth-order valence-electron chi connectivity index (χ4n) is 2.86. The summed E-state index contributed by atoms with van der Waals surface area (Å²) in [4.78, 5) is 0. The smallest absolute Gasteiger partial charge is 0.0354 e. The lowest BCUT2D eigenvalue weighted by molar-refractivity contribution is 0.210. The zero-order valence-corrected chi connectivity index (χ0v) is 10.8. The van der Waals surface area contributed by atoms with Crippen LogP contribution in [0.3, 0.4) is 0 Å². The summed E-state index contributed by atoms with van der Waals surface area (Å²) in [6, 6.07) is 0. The Kier molecular flexibility index (Phi) is 4.04. The van der Waals surface area contributed by atoms with Gasteiger partial charge in [-0.2, -0.15) is 0 Å². The van der Waals surface area contributed by atoms with E-state index in [1.54, 1.807) is 0 Å². The highest BCUT2D eigenvalue weighted by Crippen LogP contribution is 2.39. The van der Waals surface area contributed by atoms with Crippen LogP contribution in [0.1, 0.15) is 66.7 Å². The summed E-state index contributed by atoms with van der Waals surface area (Å²) in [5.41, 5.74) is 0.534. The number of hydrogen-bond acceptors (Lipinski definition) is 0. The predicted molar refractivity (Wildman–Crippen MR) is 64.4 cm³/mol. The molecule has 2 unspecified atom stereocenters. The zero-order valence-electron chi connectivity index (χ0n) is 10.8. The van der Waals surface area contributed by atoms with Crippen molar-refractivity contribution >= 4 is 0 Å². The maximum absolute atomic E-state index is 2.41. The second-order valence-electron chi connectivity index (χ2n) is 6.58. The van der Waals surface area contributed by atoms with Crippen LogP contribution in [-0.4, -0.2) is 0 Å². The van der Waals surface area contributed by atoms with Gasteiger partial charge >= 0.3 is 0 Å². The molecule has 0 N–H and O–H groups in total. The fraction of sp³-hybridized carbons (Fsp3) is 1.00. The van der Waals surface area contributed by atoms with E-state index in [9.17, 15) is 0 Å². The summed E-state index contributed by atoms with van der Waals surface area (Å²) in [5, 5.41) is 0. The van der Waals surface area contributed by atoms with E-state index in [0.717, 1.165) is 17.8 Å². The second kappa shape index (κ2) is 4.68. The van der Waals surface area contributed by atoms with E-state index in [-0.39, 0.29) is 0 Å². The van der Waals surface area contributed by atoms with Crippen LogP contribution < -0.4 is 0 Å². The topological polar surface area (TPSA) is 0 Å². The summed E-state index contributed by atoms with van der Waals surface area (Å²) in [6.07, 6.45) is 7.34. The molecule has 0 heteroatoms. The molecule has 0 heterocycles. The van der Waals surface area contributed by atoms with Crippen molar-refractivity contribution in [2.75, 3.05) is 0 Å². The Bertz CT molecular complexity index is 161. The number of rotatable bonds is 1. The van der Waals surface area contributed by atoms with Gasteiger partial charge in [0.15, 0.2) is 0 Å². The minimum absolute atomic E-state index is 0.534. The molecule has 0 spiro atoms. The van der Waals surface area contributed by atoms with Gasteiger partial charge in [-0.05, 0) is 42.4 Å². The molecule has 1 saturated carbocycles. The van der Waals surface area contributed by atoms with Crippen molar-refractivity contribution in [3.05, 3.63) is 0 Å². The van der Waals surface area contributed by atoms with E-state index >= 15 is 0 Å². The van der Waals surface area contributed by atoms with Crippen LogP contribution in [0.4, 0.5) is 0 Å². The van der Waals surface area contributed by atoms with Gasteiger partial charge in [0.2, 0.25) is 0 Å². The predicted octanol–water partition coefficient (Wildman–Crippen LogP) is 4.89. The molecule has 0 aromatic heterocycles. The molecule has 0 aromatic rings. The summed E-state index contributed by atoms with van der Waals surface area (Å²) < 4.78 is 0. The molecule has 0 nitrogen and oxygen atoms in total. The molecule has 0 radical (unpaired) electrons. The standard InChI is InChI=1S/C14H28/c1-11(2)12-7-6-8-13(10-9-12)14(3,4)5/h11-13H,6-10H2,1-5H3. The van der Waals surface area contributed by atoms with Gasteiger partial charge in [-0.15, -0.1) is 0 Å². The Morgan fingerprint density at radius 2 is 1.57 bits per heavy atom. The maximum atomic E-state index is 2.41. The van der Waals surface area contributed by atoms with E-state index in [1.165, 1.54) is 32.1 Å². The third-order valence-electron chi connectivity index (χ3n) is 4.18. The van der Waals surface area contributed by atoms with Gasteiger partial charge < -0.3 is 0 Å². The first-order valence-electron chi connectivity index (χ1n) is 6.41. The molecule has 2 atom stereocenters. The molecule has 1 rings (SSSR count). The molecule has 0 aliphatic heterocycles. The first-order valence-corrected chi connectivity index (χ1v) is 6.41. The van der Waals surface area contributed by atoms with Crippen molar-refractivity contribution in [3.63, 3.8) is 0 Å². The molecule has 84 valence electrons. The van der Waals surface area contributed by atoms with Crippen molar-refractivity contribution in [1.82, 2.24) is 0 Å². The van der Waals surface area contributed by atoms with E-state index in [1.807, 2.05) is 0 Å². The Balaban J connectivity index is 2.49. The zero-order chi connectivity index (χ0) is 10.8. The number of hydrogen-bond donors (Lipinski definition) is 0. The van der Waals surface area contributed by atoms with Crippen molar-refractivity contribution in [1.29, 1.82) is 0 Å². The van der Waals surface area contributed by atoms with Crippen molar-refractivity contribution in [3.8, 4) is 0 Å². The Labute approximate surface area is 90.5 Å². The molecule has 1 aliphatic carbocycles. The average Bonchev–Trinajstić information content (AvgIpc) is 2.26. The fourth-order valence-corrected chi connectivity index (χ4v) is 2.86.